The Morgan fingerprint density at radius 1 is 0.897 bits per heavy atom. The molecule has 29 heavy (non-hydrogen) atoms. The van der Waals surface area contributed by atoms with Crippen molar-refractivity contribution in [2.75, 3.05) is 25.5 Å². The van der Waals surface area contributed by atoms with Gasteiger partial charge in [-0.05, 0) is 68.6 Å². The normalized spacial score (nSPS) is 10.6. The van der Waals surface area contributed by atoms with Crippen molar-refractivity contribution in [3.8, 4) is 0 Å². The molecule has 0 unspecified atom stereocenters. The van der Waals surface area contributed by atoms with E-state index in [1.165, 1.54) is 18.2 Å². The molecule has 0 saturated carbocycles. The van der Waals surface area contributed by atoms with Gasteiger partial charge in [0, 0.05) is 23.4 Å². The molecule has 0 atom stereocenters. The van der Waals surface area contributed by atoms with E-state index in [1.54, 1.807) is 0 Å². The van der Waals surface area contributed by atoms with Crippen LogP contribution in [0, 0.1) is 13.8 Å². The lowest BCUT2D eigenvalue weighted by Gasteiger charge is -2.13. The fraction of sp³-hybridized carbons (Fsp3) is 0.417. The van der Waals surface area contributed by atoms with Crippen LogP contribution in [0.4, 0.5) is 11.4 Å². The molecule has 2 rings (SSSR count). The lowest BCUT2D eigenvalue weighted by atomic mass is 10.1. The van der Waals surface area contributed by atoms with Gasteiger partial charge >= 0.3 is 5.97 Å². The summed E-state index contributed by atoms with van der Waals surface area (Å²) in [5, 5.41) is 6.65. The predicted molar refractivity (Wildman–Crippen MR) is 118 cm³/mol. The third-order valence-corrected chi connectivity index (χ3v) is 4.96. The van der Waals surface area contributed by atoms with Crippen molar-refractivity contribution < 1.29 is 14.3 Å². The minimum atomic E-state index is -0.149. The van der Waals surface area contributed by atoms with E-state index in [0.717, 1.165) is 43.6 Å². The third-order valence-electron chi connectivity index (χ3n) is 4.96. The highest BCUT2D eigenvalue weighted by Crippen LogP contribution is 2.24. The van der Waals surface area contributed by atoms with E-state index >= 15 is 0 Å². The Hall–Kier alpha value is -2.66. The summed E-state index contributed by atoms with van der Waals surface area (Å²) >= 11 is 0. The van der Waals surface area contributed by atoms with Crippen LogP contribution in [0.15, 0.2) is 42.5 Å². The van der Waals surface area contributed by atoms with Gasteiger partial charge in [0.25, 0.3) is 0 Å². The van der Waals surface area contributed by atoms with Gasteiger partial charge in [-0.3, -0.25) is 9.59 Å². The number of hydrogen-bond donors (Lipinski definition) is 2. The summed E-state index contributed by atoms with van der Waals surface area (Å²) in [5.74, 6) is -0.0571. The third kappa shape index (κ3) is 7.70. The average molecular weight is 397 g/mol. The van der Waals surface area contributed by atoms with Gasteiger partial charge in [0.1, 0.15) is 0 Å². The van der Waals surface area contributed by atoms with Gasteiger partial charge in [0.2, 0.25) is 0 Å². The molecule has 0 aromatic heterocycles. The fourth-order valence-corrected chi connectivity index (χ4v) is 3.17. The topological polar surface area (TPSA) is 67.4 Å². The lowest BCUT2D eigenvalue weighted by Crippen LogP contribution is -2.24. The molecule has 0 heterocycles. The quantitative estimate of drug-likeness (QED) is 0.302. The Balaban J connectivity index is 1.69. The maximum Gasteiger partial charge on any atom is 0.305 e. The Labute approximate surface area is 173 Å². The van der Waals surface area contributed by atoms with Crippen molar-refractivity contribution in [3.05, 3.63) is 59.2 Å². The molecule has 0 radical (unpaired) electrons. The number of ketones is 1. The van der Waals surface area contributed by atoms with Gasteiger partial charge in [0.15, 0.2) is 5.78 Å². The fourth-order valence-electron chi connectivity index (χ4n) is 3.17. The largest absolute Gasteiger partial charge is 0.469 e. The Bertz CT molecular complexity index is 780. The number of nitrogens with one attached hydrogen (secondary N) is 2. The highest BCUT2D eigenvalue weighted by atomic mass is 16.5. The maximum absolute atomic E-state index is 12.3. The summed E-state index contributed by atoms with van der Waals surface area (Å²) in [5.41, 5.74) is 5.18. The molecule has 5 nitrogen and oxygen atoms in total. The second-order valence-electron chi connectivity index (χ2n) is 7.31. The first-order valence-electron chi connectivity index (χ1n) is 10.3. The summed E-state index contributed by atoms with van der Waals surface area (Å²) < 4.78 is 4.62. The summed E-state index contributed by atoms with van der Waals surface area (Å²) in [7, 11) is 1.42. The van der Waals surface area contributed by atoms with Crippen LogP contribution in [0.5, 0.6) is 0 Å². The number of para-hydroxylation sites is 1. The Kier molecular flexibility index (Phi) is 9.38. The van der Waals surface area contributed by atoms with Crippen molar-refractivity contribution in [2.45, 2.75) is 46.0 Å². The number of Topliss-reactive ketones (excluding diaryl/α,β-unsaturated/α-hetero) is 1. The second kappa shape index (κ2) is 12.0. The SMILES string of the molecule is COC(=O)CCCCCCNCC(=O)c1ccc(Nc2c(C)cccc2C)cc1. The molecule has 156 valence electrons. The number of esters is 1. The molecule has 2 aromatic rings. The van der Waals surface area contributed by atoms with E-state index in [-0.39, 0.29) is 11.8 Å². The van der Waals surface area contributed by atoms with Crippen molar-refractivity contribution in [1.29, 1.82) is 0 Å². The number of rotatable bonds is 12. The van der Waals surface area contributed by atoms with E-state index in [9.17, 15) is 9.59 Å². The number of ether oxygens (including phenoxy) is 1. The highest BCUT2D eigenvalue weighted by Gasteiger charge is 2.07. The zero-order chi connectivity index (χ0) is 21.1. The molecule has 0 aliphatic heterocycles. The number of carbonyl (C=O) groups is 2. The number of benzene rings is 2. The molecular formula is C24H32N2O3. The summed E-state index contributed by atoms with van der Waals surface area (Å²) in [6.07, 6.45) is 4.37. The van der Waals surface area contributed by atoms with E-state index in [2.05, 4.69) is 41.4 Å². The molecule has 0 bridgehead atoms. The van der Waals surface area contributed by atoms with Crippen molar-refractivity contribution in [3.63, 3.8) is 0 Å². The predicted octanol–water partition coefficient (Wildman–Crippen LogP) is 4.94. The average Bonchev–Trinajstić information content (AvgIpc) is 2.72. The minimum Gasteiger partial charge on any atom is -0.469 e. The van der Waals surface area contributed by atoms with Crippen LogP contribution in [-0.4, -0.2) is 32.0 Å². The van der Waals surface area contributed by atoms with Crippen molar-refractivity contribution >= 4 is 23.1 Å². The first-order valence-corrected chi connectivity index (χ1v) is 10.3. The van der Waals surface area contributed by atoms with Gasteiger partial charge < -0.3 is 15.4 Å². The minimum absolute atomic E-state index is 0.0920. The van der Waals surface area contributed by atoms with Crippen LogP contribution >= 0.6 is 0 Å². The zero-order valence-electron chi connectivity index (χ0n) is 17.7. The van der Waals surface area contributed by atoms with Crippen LogP contribution in [-0.2, 0) is 9.53 Å². The van der Waals surface area contributed by atoms with E-state index in [1.807, 2.05) is 30.3 Å². The first-order chi connectivity index (χ1) is 14.0. The lowest BCUT2D eigenvalue weighted by molar-refractivity contribution is -0.140. The monoisotopic (exact) mass is 396 g/mol. The number of anilines is 2. The Morgan fingerprint density at radius 2 is 1.55 bits per heavy atom. The number of hydrogen-bond acceptors (Lipinski definition) is 5. The molecule has 5 heteroatoms. The van der Waals surface area contributed by atoms with Crippen LogP contribution in [0.1, 0.15) is 53.6 Å². The van der Waals surface area contributed by atoms with Crippen molar-refractivity contribution in [2.24, 2.45) is 0 Å². The number of carbonyl (C=O) groups excluding carboxylic acids is 2. The van der Waals surface area contributed by atoms with E-state index < -0.39 is 0 Å². The van der Waals surface area contributed by atoms with Crippen LogP contribution in [0.2, 0.25) is 0 Å². The molecule has 0 fully saturated rings. The molecule has 0 amide bonds. The van der Waals surface area contributed by atoms with E-state index in [4.69, 9.17) is 0 Å². The number of aryl methyl sites for hydroxylation is 2. The highest BCUT2D eigenvalue weighted by molar-refractivity contribution is 5.98. The van der Waals surface area contributed by atoms with Crippen LogP contribution in [0.25, 0.3) is 0 Å². The maximum atomic E-state index is 12.3. The molecule has 2 aromatic carbocycles. The van der Waals surface area contributed by atoms with Crippen LogP contribution in [0.3, 0.4) is 0 Å². The van der Waals surface area contributed by atoms with Gasteiger partial charge in [-0.2, -0.15) is 0 Å². The smallest absolute Gasteiger partial charge is 0.305 e. The Morgan fingerprint density at radius 3 is 2.21 bits per heavy atom. The van der Waals surface area contributed by atoms with E-state index in [0.29, 0.717) is 18.5 Å². The summed E-state index contributed by atoms with van der Waals surface area (Å²) in [6, 6.07) is 13.8. The van der Waals surface area contributed by atoms with Crippen LogP contribution < -0.4 is 10.6 Å². The standard InChI is InChI=1S/C24H32N2O3/c1-18-9-8-10-19(2)24(18)26-21-14-12-20(13-15-21)22(27)17-25-16-7-5-4-6-11-23(28)29-3/h8-10,12-15,25-26H,4-7,11,16-17H2,1-3H3. The molecule has 0 aliphatic rings. The van der Waals surface area contributed by atoms with Gasteiger partial charge in [0.05, 0.1) is 13.7 Å². The number of unbranched alkanes of at least 4 members (excludes halogenated alkanes) is 3. The molecule has 2 N–H and O–H groups in total. The summed E-state index contributed by atoms with van der Waals surface area (Å²) in [6.45, 7) is 5.30. The zero-order valence-corrected chi connectivity index (χ0v) is 17.7. The second-order valence-corrected chi connectivity index (χ2v) is 7.31. The molecule has 0 aliphatic carbocycles. The molecule has 0 spiro atoms. The van der Waals surface area contributed by atoms with Gasteiger partial charge in [-0.25, -0.2) is 0 Å². The number of methoxy groups -OCH3 is 1. The first kappa shape index (κ1) is 22.6. The van der Waals surface area contributed by atoms with Crippen molar-refractivity contribution in [1.82, 2.24) is 5.32 Å². The molecular weight excluding hydrogens is 364 g/mol. The van der Waals surface area contributed by atoms with Gasteiger partial charge in [-0.15, -0.1) is 0 Å². The van der Waals surface area contributed by atoms with Gasteiger partial charge in [-0.1, -0.05) is 31.0 Å². The molecule has 0 saturated heterocycles. The summed E-state index contributed by atoms with van der Waals surface area (Å²) in [4.78, 5) is 23.4.